The molecule has 1 N–H and O–H groups in total. The Balaban J connectivity index is 2.21. The molecule has 0 radical (unpaired) electrons. The molecule has 1 saturated heterocycles. The second kappa shape index (κ2) is 6.76. The number of carboxylic acid groups (broad SMARTS) is 1. The van der Waals surface area contributed by atoms with Crippen LogP contribution >= 0.6 is 0 Å². The van der Waals surface area contributed by atoms with Crippen molar-refractivity contribution in [3.8, 4) is 0 Å². The molecule has 1 aromatic rings. The lowest BCUT2D eigenvalue weighted by atomic mass is 10.0. The van der Waals surface area contributed by atoms with Crippen LogP contribution in [-0.2, 0) is 21.4 Å². The van der Waals surface area contributed by atoms with Gasteiger partial charge in [0.15, 0.2) is 0 Å². The molecule has 1 fully saturated rings. The Morgan fingerprint density at radius 2 is 1.91 bits per heavy atom. The highest BCUT2D eigenvalue weighted by atomic mass is 32.2. The summed E-state index contributed by atoms with van der Waals surface area (Å²) < 4.78 is 25.1. The summed E-state index contributed by atoms with van der Waals surface area (Å²) >= 11 is 0. The van der Waals surface area contributed by atoms with Crippen LogP contribution in [0.15, 0.2) is 30.3 Å². The fourth-order valence-corrected chi connectivity index (χ4v) is 4.21. The molecule has 2 atom stereocenters. The van der Waals surface area contributed by atoms with Crippen LogP contribution < -0.4 is 0 Å². The Labute approximate surface area is 131 Å². The second-order valence-corrected chi connectivity index (χ2v) is 7.67. The van der Waals surface area contributed by atoms with Gasteiger partial charge in [0.25, 0.3) is 0 Å². The highest BCUT2D eigenvalue weighted by Gasteiger charge is 2.38. The summed E-state index contributed by atoms with van der Waals surface area (Å²) in [5.41, 5.74) is 1.10. The van der Waals surface area contributed by atoms with Gasteiger partial charge in [-0.3, -0.25) is 9.69 Å². The van der Waals surface area contributed by atoms with Gasteiger partial charge in [0.2, 0.25) is 10.0 Å². The Morgan fingerprint density at radius 3 is 2.45 bits per heavy atom. The van der Waals surface area contributed by atoms with Gasteiger partial charge in [0.1, 0.15) is 0 Å². The van der Waals surface area contributed by atoms with Crippen LogP contribution in [-0.4, -0.2) is 60.1 Å². The molecule has 0 unspecified atom stereocenters. The molecule has 0 amide bonds. The van der Waals surface area contributed by atoms with Crippen molar-refractivity contribution in [3.05, 3.63) is 35.9 Å². The zero-order valence-electron chi connectivity index (χ0n) is 12.8. The molecule has 7 heteroatoms. The van der Waals surface area contributed by atoms with E-state index in [-0.39, 0.29) is 18.5 Å². The lowest BCUT2D eigenvalue weighted by Gasteiger charge is -2.44. The first-order valence-electron chi connectivity index (χ1n) is 7.25. The molecule has 0 spiro atoms. The first-order valence-corrected chi connectivity index (χ1v) is 9.10. The number of aliphatic carboxylic acids is 1. The van der Waals surface area contributed by atoms with Gasteiger partial charge < -0.3 is 5.11 Å². The average Bonchev–Trinajstić information content (AvgIpc) is 2.42. The Morgan fingerprint density at radius 1 is 1.27 bits per heavy atom. The highest BCUT2D eigenvalue weighted by Crippen LogP contribution is 2.24. The first kappa shape index (κ1) is 16.9. The molecule has 2 rings (SSSR count). The smallest absolute Gasteiger partial charge is 0.304 e. The molecular weight excluding hydrogens is 304 g/mol. The van der Waals surface area contributed by atoms with E-state index in [9.17, 15) is 13.2 Å². The van der Waals surface area contributed by atoms with E-state index in [4.69, 9.17) is 5.11 Å². The number of nitrogens with zero attached hydrogens (tertiary/aromatic N) is 2. The maximum Gasteiger partial charge on any atom is 0.304 e. The van der Waals surface area contributed by atoms with Crippen LogP contribution in [0.1, 0.15) is 18.9 Å². The van der Waals surface area contributed by atoms with Crippen molar-refractivity contribution in [2.45, 2.75) is 32.0 Å². The van der Waals surface area contributed by atoms with E-state index in [2.05, 4.69) is 4.90 Å². The van der Waals surface area contributed by atoms with E-state index in [1.54, 1.807) is 6.92 Å². The van der Waals surface area contributed by atoms with Gasteiger partial charge in [-0.15, -0.1) is 0 Å². The average molecular weight is 326 g/mol. The Bertz CT molecular complexity index is 618. The molecule has 1 aromatic carbocycles. The number of piperazine rings is 1. The third-order valence-electron chi connectivity index (χ3n) is 4.13. The maximum absolute atomic E-state index is 11.9. The number of sulfonamides is 1. The molecule has 22 heavy (non-hydrogen) atoms. The van der Waals surface area contributed by atoms with E-state index in [1.165, 1.54) is 10.6 Å². The van der Waals surface area contributed by atoms with Gasteiger partial charge in [-0.1, -0.05) is 30.3 Å². The minimum atomic E-state index is -3.33. The largest absolute Gasteiger partial charge is 0.481 e. The van der Waals surface area contributed by atoms with E-state index in [0.717, 1.165) is 5.56 Å². The van der Waals surface area contributed by atoms with Crippen molar-refractivity contribution in [1.29, 1.82) is 0 Å². The van der Waals surface area contributed by atoms with Crippen molar-refractivity contribution in [1.82, 2.24) is 9.21 Å². The summed E-state index contributed by atoms with van der Waals surface area (Å²) in [6.45, 7) is 3.33. The van der Waals surface area contributed by atoms with Gasteiger partial charge in [-0.05, 0) is 12.5 Å². The molecule has 0 aromatic heterocycles. The fraction of sp³-hybridized carbons (Fsp3) is 0.533. The SMILES string of the molecule is C[C@@H]1[C@H](CC(=O)O)N(Cc2ccccc2)CCN1S(C)(=O)=O. The van der Waals surface area contributed by atoms with Crippen molar-refractivity contribution >= 4 is 16.0 Å². The standard InChI is InChI=1S/C15H22N2O4S/c1-12-14(10-15(18)19)16(8-9-17(12)22(2,20)21)11-13-6-4-3-5-7-13/h3-7,12,14H,8-11H2,1-2H3,(H,18,19)/t12-,14+/m1/s1. The quantitative estimate of drug-likeness (QED) is 0.873. The highest BCUT2D eigenvalue weighted by molar-refractivity contribution is 7.88. The minimum absolute atomic E-state index is 0.0694. The topological polar surface area (TPSA) is 77.9 Å². The number of rotatable bonds is 5. The van der Waals surface area contributed by atoms with Gasteiger partial charge in [-0.25, -0.2) is 8.42 Å². The number of carboxylic acids is 1. The fourth-order valence-electron chi connectivity index (χ4n) is 3.05. The van der Waals surface area contributed by atoms with Crippen LogP contribution in [0.25, 0.3) is 0 Å². The summed E-state index contributed by atoms with van der Waals surface area (Å²) in [4.78, 5) is 13.2. The molecule has 1 heterocycles. The predicted molar refractivity (Wildman–Crippen MR) is 83.9 cm³/mol. The number of carbonyl (C=O) groups is 1. The molecule has 122 valence electrons. The van der Waals surface area contributed by atoms with Gasteiger partial charge in [0, 0.05) is 31.7 Å². The summed E-state index contributed by atoms with van der Waals surface area (Å²) in [5, 5.41) is 9.16. The molecule has 0 aliphatic carbocycles. The van der Waals surface area contributed by atoms with Crippen molar-refractivity contribution in [2.75, 3.05) is 19.3 Å². The lowest BCUT2D eigenvalue weighted by molar-refractivity contribution is -0.139. The summed E-state index contributed by atoms with van der Waals surface area (Å²) in [7, 11) is -3.33. The van der Waals surface area contributed by atoms with E-state index in [1.807, 2.05) is 30.3 Å². The third kappa shape index (κ3) is 4.06. The Kier molecular flexibility index (Phi) is 5.20. The molecule has 1 aliphatic heterocycles. The van der Waals surface area contributed by atoms with Crippen LogP contribution in [0.2, 0.25) is 0 Å². The van der Waals surface area contributed by atoms with Crippen molar-refractivity contribution in [2.24, 2.45) is 0 Å². The Hall–Kier alpha value is -1.44. The number of benzene rings is 1. The maximum atomic E-state index is 11.9. The van der Waals surface area contributed by atoms with E-state index >= 15 is 0 Å². The first-order chi connectivity index (χ1) is 10.3. The number of hydrogen-bond donors (Lipinski definition) is 1. The van der Waals surface area contributed by atoms with Crippen molar-refractivity contribution < 1.29 is 18.3 Å². The number of hydrogen-bond acceptors (Lipinski definition) is 4. The van der Waals surface area contributed by atoms with Crippen molar-refractivity contribution in [3.63, 3.8) is 0 Å². The predicted octanol–water partition coefficient (Wildman–Crippen LogP) is 0.996. The monoisotopic (exact) mass is 326 g/mol. The molecule has 6 nitrogen and oxygen atoms in total. The summed E-state index contributed by atoms with van der Waals surface area (Å²) in [6, 6.07) is 9.11. The molecule has 0 saturated carbocycles. The van der Waals surface area contributed by atoms with Crippen LogP contribution in [0.3, 0.4) is 0 Å². The van der Waals surface area contributed by atoms with Gasteiger partial charge >= 0.3 is 5.97 Å². The summed E-state index contributed by atoms with van der Waals surface area (Å²) in [5.74, 6) is -0.912. The van der Waals surface area contributed by atoms with Crippen LogP contribution in [0, 0.1) is 0 Å². The van der Waals surface area contributed by atoms with E-state index < -0.39 is 16.0 Å². The molecular formula is C15H22N2O4S. The van der Waals surface area contributed by atoms with Crippen LogP contribution in [0.5, 0.6) is 0 Å². The zero-order chi connectivity index (χ0) is 16.3. The third-order valence-corrected chi connectivity index (χ3v) is 5.49. The van der Waals surface area contributed by atoms with Gasteiger partial charge in [-0.2, -0.15) is 4.31 Å². The second-order valence-electron chi connectivity index (χ2n) is 5.74. The molecule has 1 aliphatic rings. The lowest BCUT2D eigenvalue weighted by Crippen LogP contribution is -2.59. The van der Waals surface area contributed by atoms with Gasteiger partial charge in [0.05, 0.1) is 12.7 Å². The summed E-state index contributed by atoms with van der Waals surface area (Å²) in [6.07, 6.45) is 1.11. The normalized spacial score (nSPS) is 24.3. The minimum Gasteiger partial charge on any atom is -0.481 e. The van der Waals surface area contributed by atoms with Crippen LogP contribution in [0.4, 0.5) is 0 Å². The molecule has 0 bridgehead atoms. The zero-order valence-corrected chi connectivity index (χ0v) is 13.7. The van der Waals surface area contributed by atoms with E-state index in [0.29, 0.717) is 19.6 Å².